The number of carbonyl (C=O) groups is 1. The summed E-state index contributed by atoms with van der Waals surface area (Å²) in [7, 11) is 1.33. The van der Waals surface area contributed by atoms with E-state index in [1.807, 2.05) is 32.9 Å². The number of nitrogens with zero attached hydrogens (tertiary/aromatic N) is 1. The molecule has 216 valence electrons. The van der Waals surface area contributed by atoms with E-state index in [4.69, 9.17) is 27.9 Å². The molecule has 4 atom stereocenters. The van der Waals surface area contributed by atoms with Gasteiger partial charge in [-0.2, -0.15) is 5.26 Å². The number of rotatable bonds is 8. The molecule has 2 N–H and O–H groups in total. The normalized spacial score (nSPS) is 22.4. The van der Waals surface area contributed by atoms with Crippen molar-refractivity contribution in [1.82, 2.24) is 10.6 Å². The molecule has 5 nitrogen and oxygen atoms in total. The maximum Gasteiger partial charge on any atom is 0.337 e. The summed E-state index contributed by atoms with van der Waals surface area (Å²) in [5.74, 6) is -2.46. The molecule has 1 aliphatic heterocycles. The van der Waals surface area contributed by atoms with Gasteiger partial charge in [-0.05, 0) is 53.3 Å². The minimum absolute atomic E-state index is 0.0670. The van der Waals surface area contributed by atoms with E-state index in [2.05, 4.69) is 16.7 Å². The predicted molar refractivity (Wildman–Crippen MR) is 157 cm³/mol. The molecule has 9 heteroatoms. The number of methoxy groups -OCH3 is 1. The Morgan fingerprint density at radius 3 is 2.44 bits per heavy atom. The minimum Gasteiger partial charge on any atom is -0.465 e. The maximum atomic E-state index is 15.7. The van der Waals surface area contributed by atoms with E-state index in [0.29, 0.717) is 25.1 Å². The van der Waals surface area contributed by atoms with Crippen molar-refractivity contribution in [2.24, 2.45) is 5.41 Å². The highest BCUT2D eigenvalue weighted by Crippen LogP contribution is 2.52. The van der Waals surface area contributed by atoms with Crippen LogP contribution in [0.15, 0.2) is 60.7 Å². The number of benzene rings is 3. The Morgan fingerprint density at radius 1 is 1.12 bits per heavy atom. The Morgan fingerprint density at radius 2 is 1.83 bits per heavy atom. The van der Waals surface area contributed by atoms with Crippen molar-refractivity contribution in [2.75, 3.05) is 13.7 Å². The number of carbonyl (C=O) groups excluding carboxylic acids is 1. The van der Waals surface area contributed by atoms with Gasteiger partial charge in [0, 0.05) is 41.7 Å². The Hall–Kier alpha value is -3.02. The van der Waals surface area contributed by atoms with Gasteiger partial charge < -0.3 is 15.4 Å². The fourth-order valence-electron chi connectivity index (χ4n) is 5.89. The summed E-state index contributed by atoms with van der Waals surface area (Å²) in [6.45, 7) is 6.94. The molecule has 0 amide bonds. The Balaban J connectivity index is 1.77. The second kappa shape index (κ2) is 12.5. The van der Waals surface area contributed by atoms with E-state index in [1.165, 1.54) is 25.3 Å². The summed E-state index contributed by atoms with van der Waals surface area (Å²) >= 11 is 12.3. The van der Waals surface area contributed by atoms with Crippen molar-refractivity contribution < 1.29 is 18.3 Å². The highest BCUT2D eigenvalue weighted by Gasteiger charge is 2.59. The molecule has 1 saturated heterocycles. The first-order valence-corrected chi connectivity index (χ1v) is 14.1. The van der Waals surface area contributed by atoms with E-state index < -0.39 is 41.0 Å². The van der Waals surface area contributed by atoms with Gasteiger partial charge >= 0.3 is 5.97 Å². The zero-order valence-electron chi connectivity index (χ0n) is 23.4. The van der Waals surface area contributed by atoms with Crippen LogP contribution in [0.25, 0.3) is 0 Å². The number of nitrogens with one attached hydrogen (secondary N) is 2. The molecule has 1 aliphatic rings. The number of hydrogen-bond donors (Lipinski definition) is 2. The first-order valence-electron chi connectivity index (χ1n) is 13.4. The summed E-state index contributed by atoms with van der Waals surface area (Å²) in [5, 5.41) is 18.1. The van der Waals surface area contributed by atoms with Gasteiger partial charge in [0.15, 0.2) is 0 Å². The van der Waals surface area contributed by atoms with Crippen LogP contribution in [0.5, 0.6) is 0 Å². The molecular weight excluding hydrogens is 567 g/mol. The predicted octanol–water partition coefficient (Wildman–Crippen LogP) is 7.17. The van der Waals surface area contributed by atoms with Gasteiger partial charge in [0.05, 0.1) is 23.8 Å². The van der Waals surface area contributed by atoms with Crippen LogP contribution in [-0.2, 0) is 16.7 Å². The topological polar surface area (TPSA) is 74.2 Å². The van der Waals surface area contributed by atoms with Crippen LogP contribution in [0, 0.1) is 28.4 Å². The molecular formula is C32H33Cl2F2N3O2. The summed E-state index contributed by atoms with van der Waals surface area (Å²) in [6.07, 6.45) is 0.521. The van der Waals surface area contributed by atoms with Crippen LogP contribution >= 0.6 is 23.2 Å². The molecule has 0 saturated carbocycles. The van der Waals surface area contributed by atoms with Gasteiger partial charge in [-0.25, -0.2) is 13.6 Å². The lowest BCUT2D eigenvalue weighted by atomic mass is 9.62. The number of ether oxygens (including phenoxy) is 1. The zero-order valence-corrected chi connectivity index (χ0v) is 24.9. The van der Waals surface area contributed by atoms with E-state index in [9.17, 15) is 10.1 Å². The van der Waals surface area contributed by atoms with Crippen LogP contribution in [-0.4, -0.2) is 31.7 Å². The highest BCUT2D eigenvalue weighted by atomic mass is 35.5. The molecule has 0 aliphatic carbocycles. The van der Waals surface area contributed by atoms with Crippen LogP contribution in [0.3, 0.4) is 0 Å². The van der Waals surface area contributed by atoms with Crippen LogP contribution < -0.4 is 10.6 Å². The molecule has 0 bridgehead atoms. The van der Waals surface area contributed by atoms with E-state index in [-0.39, 0.29) is 26.6 Å². The van der Waals surface area contributed by atoms with Crippen molar-refractivity contribution in [2.45, 2.75) is 57.2 Å². The van der Waals surface area contributed by atoms with Crippen molar-refractivity contribution in [3.05, 3.63) is 105 Å². The zero-order chi connectivity index (χ0) is 29.9. The monoisotopic (exact) mass is 599 g/mol. The quantitative estimate of drug-likeness (QED) is 0.268. The molecule has 0 unspecified atom stereocenters. The first kappa shape index (κ1) is 30.9. The van der Waals surface area contributed by atoms with Crippen molar-refractivity contribution in [1.29, 1.82) is 5.26 Å². The lowest BCUT2D eigenvalue weighted by Gasteiger charge is -2.37. The van der Waals surface area contributed by atoms with E-state index in [0.717, 1.165) is 5.56 Å². The lowest BCUT2D eigenvalue weighted by molar-refractivity contribution is 0.0600. The first-order chi connectivity index (χ1) is 19.4. The van der Waals surface area contributed by atoms with Crippen LogP contribution in [0.4, 0.5) is 8.78 Å². The average Bonchev–Trinajstić information content (AvgIpc) is 3.21. The molecule has 1 heterocycles. The van der Waals surface area contributed by atoms with Crippen LogP contribution in [0.1, 0.15) is 60.2 Å². The molecule has 0 radical (unpaired) electrons. The van der Waals surface area contributed by atoms with E-state index >= 15 is 8.78 Å². The second-order valence-corrected chi connectivity index (χ2v) is 12.5. The number of halogens is 4. The standard InChI is InChI=1S/C32H33Cl2F2N3O2/c1-31(2,3)15-27-32(18-37,23-13-12-21(33)14-25(23)35)28(22-6-5-7-24(34)29(22)36)26(39-27)17-38-16-19-8-10-20(11-9-19)30(40)41-4/h5-14,26-28,38-39H,15-17H2,1-4H3/t26-,27-,28-,32-/m0/s1. The smallest absolute Gasteiger partial charge is 0.337 e. The summed E-state index contributed by atoms with van der Waals surface area (Å²) < 4.78 is 36.2. The molecule has 3 aromatic rings. The van der Waals surface area contributed by atoms with Crippen LogP contribution in [0.2, 0.25) is 10.0 Å². The maximum absolute atomic E-state index is 15.7. The number of esters is 1. The Kier molecular flexibility index (Phi) is 9.40. The van der Waals surface area contributed by atoms with Gasteiger partial charge in [-0.3, -0.25) is 0 Å². The molecule has 41 heavy (non-hydrogen) atoms. The molecule has 0 aromatic heterocycles. The number of hydrogen-bond acceptors (Lipinski definition) is 5. The molecule has 1 fully saturated rings. The molecule has 3 aromatic carbocycles. The third kappa shape index (κ3) is 6.42. The van der Waals surface area contributed by atoms with Crippen molar-refractivity contribution in [3.8, 4) is 6.07 Å². The molecule has 0 spiro atoms. The fourth-order valence-corrected chi connectivity index (χ4v) is 6.23. The van der Waals surface area contributed by atoms with E-state index in [1.54, 1.807) is 30.3 Å². The second-order valence-electron chi connectivity index (χ2n) is 11.6. The van der Waals surface area contributed by atoms with Crippen molar-refractivity contribution >= 4 is 29.2 Å². The van der Waals surface area contributed by atoms with Gasteiger partial charge in [-0.15, -0.1) is 0 Å². The third-order valence-corrected chi connectivity index (χ3v) is 8.15. The third-order valence-electron chi connectivity index (χ3n) is 7.62. The van der Waals surface area contributed by atoms with Gasteiger partial charge in [0.25, 0.3) is 0 Å². The lowest BCUT2D eigenvalue weighted by Crippen LogP contribution is -2.44. The average molecular weight is 601 g/mol. The number of nitriles is 1. The minimum atomic E-state index is -1.47. The van der Waals surface area contributed by atoms with Gasteiger partial charge in [-0.1, -0.05) is 74.3 Å². The fraction of sp³-hybridized carbons (Fsp3) is 0.375. The Labute approximate surface area is 249 Å². The summed E-state index contributed by atoms with van der Waals surface area (Å²) in [6, 6.07) is 17.5. The molecule has 4 rings (SSSR count). The van der Waals surface area contributed by atoms with Gasteiger partial charge in [0.2, 0.25) is 0 Å². The SMILES string of the molecule is COC(=O)c1ccc(CNC[C@@H]2N[C@@H](CC(C)(C)C)[C@](C#N)(c3ccc(Cl)cc3F)[C@H]2c2cccc(Cl)c2F)cc1. The summed E-state index contributed by atoms with van der Waals surface area (Å²) in [4.78, 5) is 11.8. The van der Waals surface area contributed by atoms with Gasteiger partial charge in [0.1, 0.15) is 17.0 Å². The highest BCUT2D eigenvalue weighted by molar-refractivity contribution is 6.31. The largest absolute Gasteiger partial charge is 0.465 e. The Bertz CT molecular complexity index is 1450. The van der Waals surface area contributed by atoms with Crippen molar-refractivity contribution in [3.63, 3.8) is 0 Å². The summed E-state index contributed by atoms with van der Waals surface area (Å²) in [5.41, 5.74) is 0.0656.